The van der Waals surface area contributed by atoms with E-state index in [0.717, 1.165) is 10.5 Å². The maximum absolute atomic E-state index is 12.5. The van der Waals surface area contributed by atoms with Crippen LogP contribution in [0.5, 0.6) is 0 Å². The second kappa shape index (κ2) is 8.29. The molecule has 0 heterocycles. The molecule has 6 nitrogen and oxygen atoms in total. The Morgan fingerprint density at radius 2 is 1.68 bits per heavy atom. The van der Waals surface area contributed by atoms with Gasteiger partial charge in [0.05, 0.1) is 0 Å². The van der Waals surface area contributed by atoms with Crippen molar-refractivity contribution in [2.45, 2.75) is 33.4 Å². The van der Waals surface area contributed by atoms with Gasteiger partial charge in [-0.1, -0.05) is 30.3 Å². The molecule has 6 heteroatoms. The van der Waals surface area contributed by atoms with Gasteiger partial charge in [-0.25, -0.2) is 0 Å². The van der Waals surface area contributed by atoms with Gasteiger partial charge < -0.3 is 10.6 Å². The summed E-state index contributed by atoms with van der Waals surface area (Å²) >= 11 is 0. The maximum Gasteiger partial charge on any atom is 0.318 e. The minimum Gasteiger partial charge on any atom is -0.329 e. The fraction of sp³-hybridized carbons (Fsp3) is 0.438. The average molecular weight is 305 g/mol. The van der Waals surface area contributed by atoms with Crippen LogP contribution in [0.3, 0.4) is 0 Å². The quantitative estimate of drug-likeness (QED) is 0.814. The van der Waals surface area contributed by atoms with Gasteiger partial charge in [0.25, 0.3) is 0 Å². The summed E-state index contributed by atoms with van der Waals surface area (Å²) in [5, 5.41) is 0. The van der Waals surface area contributed by atoms with Crippen LogP contribution in [0.25, 0.3) is 0 Å². The standard InChI is InChI=1S/C16H23N3O3/c1-12(2)19(11-14-7-5-4-6-8-14)16(22)15(21)18(10-9-17)13(3)20/h4-8,12H,9-11,17H2,1-3H3. The number of benzene rings is 1. The predicted octanol–water partition coefficient (Wildman–Crippen LogP) is 0.757. The lowest BCUT2D eigenvalue weighted by Crippen LogP contribution is -2.50. The fourth-order valence-corrected chi connectivity index (χ4v) is 2.04. The van der Waals surface area contributed by atoms with Crippen LogP contribution in [0.2, 0.25) is 0 Å². The van der Waals surface area contributed by atoms with Crippen LogP contribution >= 0.6 is 0 Å². The molecule has 22 heavy (non-hydrogen) atoms. The summed E-state index contributed by atoms with van der Waals surface area (Å²) in [6.07, 6.45) is 0. The molecule has 0 radical (unpaired) electrons. The molecule has 120 valence electrons. The third-order valence-corrected chi connectivity index (χ3v) is 3.24. The van der Waals surface area contributed by atoms with E-state index in [-0.39, 0.29) is 19.1 Å². The number of hydrogen-bond acceptors (Lipinski definition) is 4. The zero-order valence-electron chi connectivity index (χ0n) is 13.3. The number of amides is 3. The van der Waals surface area contributed by atoms with Crippen molar-refractivity contribution in [3.63, 3.8) is 0 Å². The highest BCUT2D eigenvalue weighted by atomic mass is 16.2. The first-order valence-corrected chi connectivity index (χ1v) is 7.25. The van der Waals surface area contributed by atoms with E-state index >= 15 is 0 Å². The highest BCUT2D eigenvalue weighted by Gasteiger charge is 2.30. The first-order valence-electron chi connectivity index (χ1n) is 7.25. The van der Waals surface area contributed by atoms with Crippen LogP contribution in [0, 0.1) is 0 Å². The third-order valence-electron chi connectivity index (χ3n) is 3.24. The predicted molar refractivity (Wildman–Crippen MR) is 83.6 cm³/mol. The van der Waals surface area contributed by atoms with Crippen molar-refractivity contribution in [1.82, 2.24) is 9.80 Å². The molecular weight excluding hydrogens is 282 g/mol. The van der Waals surface area contributed by atoms with Crippen LogP contribution < -0.4 is 5.73 Å². The molecule has 0 fully saturated rings. The van der Waals surface area contributed by atoms with Crippen LogP contribution in [0.15, 0.2) is 30.3 Å². The molecule has 1 aromatic carbocycles. The molecule has 2 N–H and O–H groups in total. The number of carbonyl (C=O) groups is 3. The summed E-state index contributed by atoms with van der Waals surface area (Å²) < 4.78 is 0. The second-order valence-electron chi connectivity index (χ2n) is 5.28. The molecule has 1 aromatic rings. The summed E-state index contributed by atoms with van der Waals surface area (Å²) in [7, 11) is 0. The lowest BCUT2D eigenvalue weighted by Gasteiger charge is -2.28. The van der Waals surface area contributed by atoms with Crippen molar-refractivity contribution in [2.75, 3.05) is 13.1 Å². The van der Waals surface area contributed by atoms with Gasteiger partial charge in [-0.2, -0.15) is 0 Å². The van der Waals surface area contributed by atoms with Gasteiger partial charge in [-0.3, -0.25) is 19.3 Å². The van der Waals surface area contributed by atoms with E-state index in [9.17, 15) is 14.4 Å². The molecule has 0 spiro atoms. The Bertz CT molecular complexity index is 529. The summed E-state index contributed by atoms with van der Waals surface area (Å²) in [6.45, 7) is 5.38. The fourth-order valence-electron chi connectivity index (χ4n) is 2.04. The average Bonchev–Trinajstić information content (AvgIpc) is 2.49. The number of nitrogens with two attached hydrogens (primary N) is 1. The van der Waals surface area contributed by atoms with Gasteiger partial charge in [-0.05, 0) is 19.4 Å². The lowest BCUT2D eigenvalue weighted by atomic mass is 10.2. The number of imide groups is 1. The van der Waals surface area contributed by atoms with Gasteiger partial charge >= 0.3 is 11.8 Å². The van der Waals surface area contributed by atoms with E-state index in [1.807, 2.05) is 44.2 Å². The topological polar surface area (TPSA) is 83.7 Å². The normalized spacial score (nSPS) is 10.4. The molecule has 0 unspecified atom stereocenters. The van der Waals surface area contributed by atoms with Gasteiger partial charge in [0.15, 0.2) is 0 Å². The minimum absolute atomic E-state index is 0.0389. The molecule has 0 aliphatic heterocycles. The summed E-state index contributed by atoms with van der Waals surface area (Å²) in [5.74, 6) is -2.00. The van der Waals surface area contributed by atoms with Crippen molar-refractivity contribution < 1.29 is 14.4 Å². The summed E-state index contributed by atoms with van der Waals surface area (Å²) in [5.41, 5.74) is 6.32. The monoisotopic (exact) mass is 305 g/mol. The van der Waals surface area contributed by atoms with Crippen molar-refractivity contribution in [3.05, 3.63) is 35.9 Å². The Morgan fingerprint density at radius 3 is 2.14 bits per heavy atom. The number of rotatable bonds is 5. The third kappa shape index (κ3) is 4.66. The first-order chi connectivity index (χ1) is 10.4. The van der Waals surface area contributed by atoms with E-state index < -0.39 is 17.7 Å². The Hall–Kier alpha value is -2.21. The molecule has 3 amide bonds. The highest BCUT2D eigenvalue weighted by Crippen LogP contribution is 2.10. The van der Waals surface area contributed by atoms with Crippen LogP contribution in [-0.4, -0.2) is 46.7 Å². The second-order valence-corrected chi connectivity index (χ2v) is 5.28. The van der Waals surface area contributed by atoms with E-state index in [0.29, 0.717) is 6.54 Å². The summed E-state index contributed by atoms with van der Waals surface area (Å²) in [6, 6.07) is 9.23. The molecule has 1 rings (SSSR count). The van der Waals surface area contributed by atoms with Crippen LogP contribution in [0.1, 0.15) is 26.3 Å². The van der Waals surface area contributed by atoms with Gasteiger partial charge in [-0.15, -0.1) is 0 Å². The SMILES string of the molecule is CC(=O)N(CCN)C(=O)C(=O)N(Cc1ccccc1)C(C)C. The molecule has 0 saturated heterocycles. The van der Waals surface area contributed by atoms with Crippen molar-refractivity contribution in [1.29, 1.82) is 0 Å². The zero-order valence-corrected chi connectivity index (χ0v) is 13.3. The lowest BCUT2D eigenvalue weighted by molar-refractivity contribution is -0.157. The van der Waals surface area contributed by atoms with Gasteiger partial charge in [0.2, 0.25) is 5.91 Å². The van der Waals surface area contributed by atoms with Gasteiger partial charge in [0, 0.05) is 32.6 Å². The van der Waals surface area contributed by atoms with E-state index in [1.54, 1.807) is 0 Å². The van der Waals surface area contributed by atoms with Crippen molar-refractivity contribution in [3.8, 4) is 0 Å². The summed E-state index contributed by atoms with van der Waals surface area (Å²) in [4.78, 5) is 38.6. The first kappa shape index (κ1) is 17.8. The Balaban J connectivity index is 2.93. The highest BCUT2D eigenvalue weighted by molar-refractivity contribution is 6.37. The number of carbonyl (C=O) groups excluding carboxylic acids is 3. The largest absolute Gasteiger partial charge is 0.329 e. The molecule has 0 bridgehead atoms. The van der Waals surface area contributed by atoms with Gasteiger partial charge in [0.1, 0.15) is 0 Å². The van der Waals surface area contributed by atoms with Crippen LogP contribution in [-0.2, 0) is 20.9 Å². The molecular formula is C16H23N3O3. The van der Waals surface area contributed by atoms with E-state index in [1.165, 1.54) is 11.8 Å². The number of nitrogens with zero attached hydrogens (tertiary/aromatic N) is 2. The van der Waals surface area contributed by atoms with E-state index in [4.69, 9.17) is 5.73 Å². The smallest absolute Gasteiger partial charge is 0.318 e. The Labute approximate surface area is 130 Å². The van der Waals surface area contributed by atoms with E-state index in [2.05, 4.69) is 0 Å². The molecule has 0 aromatic heterocycles. The number of hydrogen-bond donors (Lipinski definition) is 1. The Morgan fingerprint density at radius 1 is 1.09 bits per heavy atom. The van der Waals surface area contributed by atoms with Crippen molar-refractivity contribution in [2.24, 2.45) is 5.73 Å². The molecule has 0 aliphatic rings. The zero-order chi connectivity index (χ0) is 16.7. The molecule has 0 atom stereocenters. The minimum atomic E-state index is -0.831. The maximum atomic E-state index is 12.5. The molecule has 0 saturated carbocycles. The molecule has 0 aliphatic carbocycles. The Kier molecular flexibility index (Phi) is 6.72. The van der Waals surface area contributed by atoms with Crippen molar-refractivity contribution >= 4 is 17.7 Å². The van der Waals surface area contributed by atoms with Crippen LogP contribution in [0.4, 0.5) is 0 Å².